The van der Waals surface area contributed by atoms with Crippen LogP contribution in [0.2, 0.25) is 0 Å². The van der Waals surface area contributed by atoms with Gasteiger partial charge in [-0.2, -0.15) is 0 Å². The van der Waals surface area contributed by atoms with Gasteiger partial charge in [0.25, 0.3) is 0 Å². The number of nitrogens with zero attached hydrogens (tertiary/aromatic N) is 4. The van der Waals surface area contributed by atoms with Crippen molar-refractivity contribution in [2.75, 3.05) is 0 Å². The van der Waals surface area contributed by atoms with Gasteiger partial charge in [-0.3, -0.25) is 4.21 Å². The number of rotatable bonds is 5. The van der Waals surface area contributed by atoms with Gasteiger partial charge in [0, 0.05) is 10.8 Å². The summed E-state index contributed by atoms with van der Waals surface area (Å²) in [6, 6.07) is 9.70. The van der Waals surface area contributed by atoms with Gasteiger partial charge in [-0.1, -0.05) is 23.4 Å². The van der Waals surface area contributed by atoms with Crippen LogP contribution in [0.15, 0.2) is 40.9 Å². The first-order valence-corrected chi connectivity index (χ1v) is 8.70. The van der Waals surface area contributed by atoms with Crippen molar-refractivity contribution < 1.29 is 8.63 Å². The summed E-state index contributed by atoms with van der Waals surface area (Å²) in [5, 5.41) is 8.01. The first-order chi connectivity index (χ1) is 11.0. The second-order valence-electron chi connectivity index (χ2n) is 5.34. The molecular weight excluding hydrogens is 312 g/mol. The summed E-state index contributed by atoms with van der Waals surface area (Å²) in [4.78, 5) is 4.28. The van der Waals surface area contributed by atoms with Crippen LogP contribution in [-0.2, 0) is 16.6 Å². The topological polar surface area (TPSA) is 73.8 Å². The fourth-order valence-corrected chi connectivity index (χ4v) is 3.15. The van der Waals surface area contributed by atoms with Gasteiger partial charge in [0.1, 0.15) is 11.5 Å². The van der Waals surface area contributed by atoms with Crippen LogP contribution in [0.5, 0.6) is 0 Å². The minimum atomic E-state index is -1.18. The molecule has 6 nitrogen and oxygen atoms in total. The average molecular weight is 330 g/mol. The van der Waals surface area contributed by atoms with Crippen LogP contribution < -0.4 is 0 Å². The smallest absolute Gasteiger partial charge is 0.207 e. The minimum Gasteiger partial charge on any atom is -0.445 e. The monoisotopic (exact) mass is 330 g/mol. The Morgan fingerprint density at radius 3 is 2.65 bits per heavy atom. The quantitative estimate of drug-likeness (QED) is 0.719. The van der Waals surface area contributed by atoms with Crippen molar-refractivity contribution in [1.29, 1.82) is 0 Å². The first kappa shape index (κ1) is 15.6. The van der Waals surface area contributed by atoms with Crippen LogP contribution in [0.1, 0.15) is 35.2 Å². The molecule has 0 saturated carbocycles. The van der Waals surface area contributed by atoms with Crippen molar-refractivity contribution in [1.82, 2.24) is 20.0 Å². The van der Waals surface area contributed by atoms with E-state index < -0.39 is 10.8 Å². The van der Waals surface area contributed by atoms with E-state index >= 15 is 0 Å². The van der Waals surface area contributed by atoms with Gasteiger partial charge in [-0.15, -0.1) is 5.10 Å². The van der Waals surface area contributed by atoms with Crippen LogP contribution in [0.4, 0.5) is 0 Å². The van der Waals surface area contributed by atoms with Gasteiger partial charge < -0.3 is 4.42 Å². The van der Waals surface area contributed by atoms with Crippen LogP contribution in [0.3, 0.4) is 0 Å². The number of hydrogen-bond donors (Lipinski definition) is 0. The predicted molar refractivity (Wildman–Crippen MR) is 87.6 cm³/mol. The number of benzene rings is 1. The van der Waals surface area contributed by atoms with Gasteiger partial charge >= 0.3 is 0 Å². The predicted octanol–water partition coefficient (Wildman–Crippen LogP) is 2.88. The van der Waals surface area contributed by atoms with Gasteiger partial charge in [0.2, 0.25) is 5.89 Å². The molecule has 0 amide bonds. The second-order valence-corrected chi connectivity index (χ2v) is 7.10. The lowest BCUT2D eigenvalue weighted by Crippen LogP contribution is -2.06. The number of hydrogen-bond acceptors (Lipinski definition) is 5. The molecule has 2 aromatic heterocycles. The highest BCUT2D eigenvalue weighted by Crippen LogP contribution is 2.21. The fraction of sp³-hybridized carbons (Fsp3) is 0.312. The third-order valence-corrected chi connectivity index (χ3v) is 5.24. The fourth-order valence-electron chi connectivity index (χ4n) is 2.15. The maximum absolute atomic E-state index is 12.5. The van der Waals surface area contributed by atoms with Crippen molar-refractivity contribution in [3.63, 3.8) is 0 Å². The van der Waals surface area contributed by atoms with Crippen molar-refractivity contribution in [2.24, 2.45) is 0 Å². The molecule has 0 fully saturated rings. The molecule has 3 rings (SSSR count). The maximum Gasteiger partial charge on any atom is 0.207 e. The molecule has 0 unspecified atom stereocenters. The molecule has 0 aliphatic rings. The Kier molecular flexibility index (Phi) is 4.38. The molecule has 1 aromatic carbocycles. The summed E-state index contributed by atoms with van der Waals surface area (Å²) in [5.41, 5.74) is 2.44. The minimum absolute atomic E-state index is 0.250. The maximum atomic E-state index is 12.5. The summed E-state index contributed by atoms with van der Waals surface area (Å²) < 4.78 is 19.7. The molecule has 3 aromatic rings. The van der Waals surface area contributed by atoms with E-state index in [0.717, 1.165) is 17.1 Å². The van der Waals surface area contributed by atoms with E-state index in [0.29, 0.717) is 11.6 Å². The molecule has 0 aliphatic carbocycles. The highest BCUT2D eigenvalue weighted by molar-refractivity contribution is 7.84. The summed E-state index contributed by atoms with van der Waals surface area (Å²) in [5.74, 6) is 1.54. The standard InChI is InChI=1S/C16H18N4O2S/c1-11-12(2)22-16(17-11)10-23(21)13(3)15-9-20(19-18-15)14-7-5-4-6-8-14/h4-9,13H,10H2,1-3H3/t13-,23-/m1/s1. The Hall–Kier alpha value is -2.28. The second kappa shape index (κ2) is 6.45. The van der Waals surface area contributed by atoms with Crippen molar-refractivity contribution in [3.05, 3.63) is 59.6 Å². The van der Waals surface area contributed by atoms with E-state index in [2.05, 4.69) is 15.3 Å². The van der Waals surface area contributed by atoms with Gasteiger partial charge in [-0.25, -0.2) is 9.67 Å². The van der Waals surface area contributed by atoms with Gasteiger partial charge in [-0.05, 0) is 32.9 Å². The lowest BCUT2D eigenvalue weighted by molar-refractivity contribution is 0.487. The zero-order chi connectivity index (χ0) is 16.4. The Labute approximate surface area is 137 Å². The van der Waals surface area contributed by atoms with Crippen molar-refractivity contribution in [3.8, 4) is 5.69 Å². The molecule has 0 radical (unpaired) electrons. The molecule has 0 N–H and O–H groups in total. The van der Waals surface area contributed by atoms with Crippen molar-refractivity contribution in [2.45, 2.75) is 31.8 Å². The van der Waals surface area contributed by atoms with E-state index in [-0.39, 0.29) is 11.0 Å². The molecule has 2 atom stereocenters. The largest absolute Gasteiger partial charge is 0.445 e. The zero-order valence-electron chi connectivity index (χ0n) is 13.3. The molecule has 0 saturated heterocycles. The number of aromatic nitrogens is 4. The number of para-hydroxylation sites is 1. The lowest BCUT2D eigenvalue weighted by atomic mass is 10.3. The Bertz CT molecular complexity index is 806. The van der Waals surface area contributed by atoms with Gasteiger partial charge in [0.05, 0.1) is 28.5 Å². The van der Waals surface area contributed by atoms with E-state index in [9.17, 15) is 4.21 Å². The van der Waals surface area contributed by atoms with E-state index in [1.807, 2.05) is 57.3 Å². The molecule has 120 valence electrons. The van der Waals surface area contributed by atoms with E-state index in [1.165, 1.54) is 0 Å². The van der Waals surface area contributed by atoms with Crippen LogP contribution >= 0.6 is 0 Å². The Morgan fingerprint density at radius 2 is 2.00 bits per heavy atom. The first-order valence-electron chi connectivity index (χ1n) is 7.32. The summed E-state index contributed by atoms with van der Waals surface area (Å²) in [6.45, 7) is 5.60. The molecule has 7 heteroatoms. The average Bonchev–Trinajstić information content (AvgIpc) is 3.15. The Morgan fingerprint density at radius 1 is 1.26 bits per heavy atom. The third kappa shape index (κ3) is 3.39. The lowest BCUT2D eigenvalue weighted by Gasteiger charge is -2.06. The molecule has 0 aliphatic heterocycles. The highest BCUT2D eigenvalue weighted by Gasteiger charge is 2.20. The molecule has 0 spiro atoms. The molecule has 2 heterocycles. The molecular formula is C16H18N4O2S. The number of oxazole rings is 1. The molecule has 0 bridgehead atoms. The van der Waals surface area contributed by atoms with Crippen LogP contribution in [-0.4, -0.2) is 24.2 Å². The van der Waals surface area contributed by atoms with E-state index in [4.69, 9.17) is 4.42 Å². The Balaban J connectivity index is 1.74. The summed E-state index contributed by atoms with van der Waals surface area (Å²) >= 11 is 0. The normalized spacial score (nSPS) is 13.9. The van der Waals surface area contributed by atoms with Crippen LogP contribution in [0, 0.1) is 13.8 Å². The zero-order valence-corrected chi connectivity index (χ0v) is 14.1. The SMILES string of the molecule is Cc1nc(C[S@@](=O)[C@H](C)c2cn(-c3ccccc3)nn2)oc1C. The van der Waals surface area contributed by atoms with E-state index in [1.54, 1.807) is 4.68 Å². The number of aryl methyl sites for hydroxylation is 2. The summed E-state index contributed by atoms with van der Waals surface area (Å²) in [6.07, 6.45) is 1.81. The molecule has 23 heavy (non-hydrogen) atoms. The van der Waals surface area contributed by atoms with Gasteiger partial charge in [0.15, 0.2) is 0 Å². The van der Waals surface area contributed by atoms with Crippen LogP contribution in [0.25, 0.3) is 5.69 Å². The highest BCUT2D eigenvalue weighted by atomic mass is 32.2. The summed E-state index contributed by atoms with van der Waals surface area (Å²) in [7, 11) is -1.18. The third-order valence-electron chi connectivity index (χ3n) is 3.68. The van der Waals surface area contributed by atoms with Crippen molar-refractivity contribution >= 4 is 10.8 Å².